The fourth-order valence-electron chi connectivity index (χ4n) is 10.5. The number of hydrogen-bond donors (Lipinski definition) is 0. The molecule has 1 atom stereocenters. The van der Waals surface area contributed by atoms with Crippen molar-refractivity contribution in [1.82, 2.24) is 0 Å². The Kier molecular flexibility index (Phi) is 4.19. The number of benzene rings is 13. The molecular weight excluding hydrogens is 943 g/mol. The van der Waals surface area contributed by atoms with E-state index in [9.17, 15) is 37.0 Å². The number of nitrogens with zero attached hydrogens (tertiary/aromatic N) is 1. The van der Waals surface area contributed by atoms with Crippen molar-refractivity contribution >= 4 is 82.1 Å². The molecular formula is C76H53NO. The molecule has 1 heterocycles. The molecule has 0 saturated heterocycles. The number of furan rings is 1. The van der Waals surface area contributed by atoms with Crippen LogP contribution in [0.2, 0.25) is 0 Å². The molecule has 14 aromatic rings. The smallest absolute Gasteiger partial charge is 0.143 e. The van der Waals surface area contributed by atoms with Crippen LogP contribution in [0.4, 0.5) is 17.1 Å². The fourth-order valence-corrected chi connectivity index (χ4v) is 10.5. The van der Waals surface area contributed by atoms with Gasteiger partial charge in [-0.05, 0) is 182 Å². The second-order valence-corrected chi connectivity index (χ2v) is 18.6. The molecule has 2 heteroatoms. The Bertz CT molecular complexity index is 7190. The molecule has 0 aliphatic heterocycles. The van der Waals surface area contributed by atoms with E-state index in [-0.39, 0.29) is 0 Å². The van der Waals surface area contributed by atoms with Crippen molar-refractivity contribution in [2.75, 3.05) is 4.90 Å². The SMILES string of the molecule is [2H]CC1(C[2H])c2c([2H])c([2H])c([2H])c([2H])c2-c2c([2H])c([2H])c(N(c3c([2H])c([2H])c(-c4c(-c5cc([2H])c6c(oc7c(-c8c([2H])c([2H])c([2H])c([2H])c8[2H])c8c([2H])c([2H])c([2H])c([2H])c8c([2H])c76)c5[2H])c([2H])c5c6cc([2H])c([2H])c([2H])c6c6c([2H])cc([2H])c([2H])c6c5c4[2H])c([2H])c3[2H])c3c([2H])c([2H])c4c(c3[2H])C(C[2H])(C([2H])[2H])c3c([2H])c([2H])cc([2H])c3-4)c([2H])c21. The Labute approximate surface area is 513 Å². The van der Waals surface area contributed by atoms with Crippen LogP contribution in [0.5, 0.6) is 0 Å². The van der Waals surface area contributed by atoms with Crippen LogP contribution in [0.1, 0.15) is 107 Å². The van der Waals surface area contributed by atoms with Crippen molar-refractivity contribution in [3.05, 3.63) is 270 Å². The molecule has 0 N–H and O–H groups in total. The molecule has 1 aromatic heterocycles. The van der Waals surface area contributed by atoms with Gasteiger partial charge < -0.3 is 9.32 Å². The lowest BCUT2D eigenvalue weighted by atomic mass is 9.82. The molecule has 0 saturated carbocycles. The van der Waals surface area contributed by atoms with Gasteiger partial charge in [0.25, 0.3) is 0 Å². The molecule has 0 bridgehead atoms. The molecule has 78 heavy (non-hydrogen) atoms. The first-order valence-corrected chi connectivity index (χ1v) is 23.7. The first-order valence-electron chi connectivity index (χ1n) is 45.5. The molecule has 0 fully saturated rings. The highest BCUT2D eigenvalue weighted by Crippen LogP contribution is 2.54. The molecule has 16 rings (SSSR count). The average molecular weight is 1040 g/mol. The summed E-state index contributed by atoms with van der Waals surface area (Å²) in [6.07, 6.45) is 0. The Hall–Kier alpha value is -9.50. The number of anilines is 3. The van der Waals surface area contributed by atoms with Crippen LogP contribution in [0.3, 0.4) is 0 Å². The van der Waals surface area contributed by atoms with Crippen LogP contribution in [0, 0.1) is 0 Å². The summed E-state index contributed by atoms with van der Waals surface area (Å²) in [5, 5.41) is -5.58. The van der Waals surface area contributed by atoms with Crippen molar-refractivity contribution in [2.45, 2.75) is 38.4 Å². The second-order valence-electron chi connectivity index (χ2n) is 18.6. The normalized spacial score (nSPS) is 22.6. The Morgan fingerprint density at radius 1 is 0.359 bits per heavy atom. The van der Waals surface area contributed by atoms with E-state index in [4.69, 9.17) is 25.0 Å². The Morgan fingerprint density at radius 2 is 0.962 bits per heavy atom. The molecule has 13 aromatic carbocycles. The summed E-state index contributed by atoms with van der Waals surface area (Å²) in [7, 11) is 0. The first kappa shape index (κ1) is 19.8. The highest BCUT2D eigenvalue weighted by molar-refractivity contribution is 6.27. The molecule has 0 radical (unpaired) electrons. The standard InChI is InChI=1S/C76H53NO/c1-75(2)68-28-16-14-26-58(68)60-38-35-51(42-70(60)75)77(52-36-39-61-59-27-15-17-29-69(59)76(3,4)71(61)43-52)50-33-30-46(31-34-50)63-44-65-56-24-12-10-22-54(56)55-23-11-13-25-57(55)66(65)45-64(63)49-32-37-62-67-40-48-20-8-9-21-53(48)73(47-18-6-5-7-19-47)74(67)78-72(62)41-49/h5-45H,1-4H3/i1D,2D,3D,4D2,5D,6D,7D,8D,9D,11D,12D,13D,14D,16D,17D,18D,19D,20D,21D,22D,23D,24D,26D,27D,28D,29D,30D,31D,33D,34D,35D,36D,37D,38D,39D,40D,41D,42D,43D,44D,45D. The van der Waals surface area contributed by atoms with E-state index < -0.39 is 422 Å². The fraction of sp³-hybridized carbons (Fsp3) is 0.0789. The minimum Gasteiger partial charge on any atom is -0.455 e. The van der Waals surface area contributed by atoms with Crippen LogP contribution >= 0.6 is 0 Å². The third kappa shape index (κ3) is 6.44. The monoisotopic (exact) mass is 1040 g/mol. The van der Waals surface area contributed by atoms with Crippen molar-refractivity contribution in [3.8, 4) is 55.6 Å². The summed E-state index contributed by atoms with van der Waals surface area (Å²) in [5.41, 5.74) is -20.4. The predicted molar refractivity (Wildman–Crippen MR) is 330 cm³/mol. The van der Waals surface area contributed by atoms with E-state index in [0.717, 1.165) is 24.3 Å². The quantitative estimate of drug-likeness (QED) is 0.154. The zero-order valence-corrected chi connectivity index (χ0v) is 39.9. The molecule has 0 spiro atoms. The van der Waals surface area contributed by atoms with Crippen LogP contribution in [0.15, 0.2) is 252 Å². The van der Waals surface area contributed by atoms with Crippen LogP contribution in [0.25, 0.3) is 121 Å². The molecule has 2 aliphatic rings. The number of hydrogen-bond acceptors (Lipinski definition) is 2. The van der Waals surface area contributed by atoms with E-state index >= 15 is 0 Å². The van der Waals surface area contributed by atoms with Gasteiger partial charge in [0, 0.05) is 51.1 Å². The summed E-state index contributed by atoms with van der Waals surface area (Å²) in [5.74, 6) is 0. The van der Waals surface area contributed by atoms with Gasteiger partial charge in [0.1, 0.15) is 11.2 Å². The number of rotatable bonds is 6. The van der Waals surface area contributed by atoms with E-state index in [2.05, 4.69) is 0 Å². The van der Waals surface area contributed by atoms with Gasteiger partial charge in [-0.1, -0.05) is 209 Å². The largest absolute Gasteiger partial charge is 0.455 e. The van der Waals surface area contributed by atoms with Gasteiger partial charge in [-0.25, -0.2) is 0 Å². The van der Waals surface area contributed by atoms with Crippen LogP contribution < -0.4 is 4.90 Å². The maximum Gasteiger partial charge on any atom is 0.143 e. The second kappa shape index (κ2) is 16.5. The van der Waals surface area contributed by atoms with Crippen molar-refractivity contribution in [3.63, 3.8) is 0 Å². The summed E-state index contributed by atoms with van der Waals surface area (Å²) in [6.45, 7) is -5.79. The topological polar surface area (TPSA) is 16.4 Å². The Morgan fingerprint density at radius 3 is 1.78 bits per heavy atom. The van der Waals surface area contributed by atoms with Crippen molar-refractivity contribution in [1.29, 1.82) is 0 Å². The third-order valence-electron chi connectivity index (χ3n) is 14.1. The van der Waals surface area contributed by atoms with E-state index in [1.807, 2.05) is 0 Å². The van der Waals surface area contributed by atoms with Crippen LogP contribution in [-0.2, 0) is 10.8 Å². The highest BCUT2D eigenvalue weighted by Gasteiger charge is 2.38. The van der Waals surface area contributed by atoms with Gasteiger partial charge in [0.2, 0.25) is 0 Å². The van der Waals surface area contributed by atoms with E-state index in [1.165, 1.54) is 0 Å². The Balaban J connectivity index is 1.11. The minimum absolute atomic E-state index is 0.357. The van der Waals surface area contributed by atoms with E-state index in [0.29, 0.717) is 4.90 Å². The zero-order chi connectivity index (χ0) is 87.9. The summed E-state index contributed by atoms with van der Waals surface area (Å²) < 4.78 is 406. The van der Waals surface area contributed by atoms with Gasteiger partial charge in [0.15, 0.2) is 0 Å². The maximum atomic E-state index is 10.8. The lowest BCUT2D eigenvalue weighted by molar-refractivity contribution is 0.660. The molecule has 2 aliphatic carbocycles. The molecule has 2 nitrogen and oxygen atoms in total. The highest BCUT2D eigenvalue weighted by atomic mass is 16.3. The summed E-state index contributed by atoms with van der Waals surface area (Å²) in [6, 6.07) is -32.8. The first-order chi connectivity index (χ1) is 56.2. The maximum absolute atomic E-state index is 10.8. The summed E-state index contributed by atoms with van der Waals surface area (Å²) in [4.78, 5) is 0.357. The van der Waals surface area contributed by atoms with Crippen LogP contribution in [-0.4, -0.2) is 0 Å². The lowest BCUT2D eigenvalue weighted by Crippen LogP contribution is -2.18. The van der Waals surface area contributed by atoms with Crippen molar-refractivity contribution < 1.29 is 62.0 Å². The number of fused-ring (bicyclic) bond motifs is 16. The summed E-state index contributed by atoms with van der Waals surface area (Å²) >= 11 is 0. The predicted octanol–water partition coefficient (Wildman–Crippen LogP) is 21.3. The molecule has 1 unspecified atom stereocenters. The van der Waals surface area contributed by atoms with Gasteiger partial charge in [-0.2, -0.15) is 0 Å². The van der Waals surface area contributed by atoms with Gasteiger partial charge in [-0.15, -0.1) is 0 Å². The van der Waals surface area contributed by atoms with Crippen molar-refractivity contribution in [2.24, 2.45) is 0 Å². The lowest BCUT2D eigenvalue weighted by Gasteiger charge is -2.30. The molecule has 0 amide bonds. The molecule has 368 valence electrons. The van der Waals surface area contributed by atoms with Gasteiger partial charge >= 0.3 is 0 Å². The minimum atomic E-state index is -2.68. The average Bonchev–Trinajstić information content (AvgIpc) is 1.30. The zero-order valence-electron chi connectivity index (χ0n) is 81.9. The third-order valence-corrected chi connectivity index (χ3v) is 14.1. The van der Waals surface area contributed by atoms with Gasteiger partial charge in [-0.3, -0.25) is 0 Å². The van der Waals surface area contributed by atoms with Gasteiger partial charge in [0.05, 0.1) is 50.7 Å². The van der Waals surface area contributed by atoms with E-state index in [1.54, 1.807) is 0 Å².